The molecule has 4 nitrogen and oxygen atoms in total. The SMILES string of the molecule is CCN(CC1CCC1)C(=O)c1cccnc1NC. The van der Waals surface area contributed by atoms with E-state index in [1.807, 2.05) is 24.0 Å². The Balaban J connectivity index is 2.11. The Morgan fingerprint density at radius 2 is 2.33 bits per heavy atom. The van der Waals surface area contributed by atoms with Crippen LogP contribution in [0.15, 0.2) is 18.3 Å². The van der Waals surface area contributed by atoms with Gasteiger partial charge in [-0.25, -0.2) is 4.98 Å². The van der Waals surface area contributed by atoms with Crippen LogP contribution in [-0.2, 0) is 0 Å². The summed E-state index contributed by atoms with van der Waals surface area (Å²) in [5.74, 6) is 1.44. The van der Waals surface area contributed by atoms with Crippen LogP contribution >= 0.6 is 0 Å². The van der Waals surface area contributed by atoms with Crippen LogP contribution in [-0.4, -0.2) is 35.9 Å². The molecule has 0 unspecified atom stereocenters. The van der Waals surface area contributed by atoms with E-state index in [2.05, 4.69) is 10.3 Å². The molecule has 1 aliphatic carbocycles. The number of carbonyl (C=O) groups excluding carboxylic acids is 1. The fourth-order valence-electron chi connectivity index (χ4n) is 2.29. The van der Waals surface area contributed by atoms with Gasteiger partial charge in [0.15, 0.2) is 0 Å². The predicted molar refractivity (Wildman–Crippen MR) is 72.7 cm³/mol. The first-order chi connectivity index (χ1) is 8.76. The summed E-state index contributed by atoms with van der Waals surface area (Å²) in [6.07, 6.45) is 5.53. The summed E-state index contributed by atoms with van der Waals surface area (Å²) in [4.78, 5) is 18.6. The lowest BCUT2D eigenvalue weighted by Gasteiger charge is -2.32. The van der Waals surface area contributed by atoms with Gasteiger partial charge in [-0.1, -0.05) is 6.42 Å². The molecule has 1 fully saturated rings. The van der Waals surface area contributed by atoms with Crippen molar-refractivity contribution in [3.8, 4) is 0 Å². The van der Waals surface area contributed by atoms with Gasteiger partial charge in [0.25, 0.3) is 5.91 Å². The number of nitrogens with one attached hydrogen (secondary N) is 1. The van der Waals surface area contributed by atoms with E-state index in [1.54, 1.807) is 13.2 Å². The fraction of sp³-hybridized carbons (Fsp3) is 0.571. The van der Waals surface area contributed by atoms with Crippen LogP contribution in [0.3, 0.4) is 0 Å². The van der Waals surface area contributed by atoms with Crippen LogP contribution < -0.4 is 5.32 Å². The van der Waals surface area contributed by atoms with Crippen molar-refractivity contribution in [2.45, 2.75) is 26.2 Å². The molecule has 0 radical (unpaired) electrons. The van der Waals surface area contributed by atoms with Crippen molar-refractivity contribution >= 4 is 11.7 Å². The molecule has 4 heteroatoms. The topological polar surface area (TPSA) is 45.2 Å². The second-order valence-corrected chi connectivity index (χ2v) is 4.79. The highest BCUT2D eigenvalue weighted by atomic mass is 16.2. The third-order valence-electron chi connectivity index (χ3n) is 3.65. The second-order valence-electron chi connectivity index (χ2n) is 4.79. The standard InChI is InChI=1S/C14H21N3O/c1-3-17(10-11-6-4-7-11)14(18)12-8-5-9-16-13(12)15-2/h5,8-9,11H,3-4,6-7,10H2,1-2H3,(H,15,16). The van der Waals surface area contributed by atoms with Crippen molar-refractivity contribution in [1.29, 1.82) is 0 Å². The molecule has 0 aromatic carbocycles. The smallest absolute Gasteiger partial charge is 0.257 e. The number of hydrogen-bond acceptors (Lipinski definition) is 3. The molecule has 1 heterocycles. The van der Waals surface area contributed by atoms with Crippen LogP contribution in [0.1, 0.15) is 36.5 Å². The average molecular weight is 247 g/mol. The number of pyridine rings is 1. The van der Waals surface area contributed by atoms with E-state index in [9.17, 15) is 4.79 Å². The summed E-state index contributed by atoms with van der Waals surface area (Å²) in [7, 11) is 1.79. The van der Waals surface area contributed by atoms with Gasteiger partial charge in [0.1, 0.15) is 5.82 Å². The summed E-state index contributed by atoms with van der Waals surface area (Å²) in [5, 5.41) is 2.98. The highest BCUT2D eigenvalue weighted by molar-refractivity contribution is 5.98. The molecular formula is C14H21N3O. The van der Waals surface area contributed by atoms with Crippen molar-refractivity contribution in [3.05, 3.63) is 23.9 Å². The lowest BCUT2D eigenvalue weighted by atomic mass is 9.85. The zero-order valence-electron chi connectivity index (χ0n) is 11.1. The number of aromatic nitrogens is 1. The Labute approximate surface area is 108 Å². The third kappa shape index (κ3) is 2.63. The Bertz CT molecular complexity index is 415. The number of rotatable bonds is 5. The molecule has 0 saturated heterocycles. The molecule has 1 N–H and O–H groups in total. The maximum Gasteiger partial charge on any atom is 0.257 e. The van der Waals surface area contributed by atoms with E-state index in [0.29, 0.717) is 17.3 Å². The van der Waals surface area contributed by atoms with Crippen LogP contribution in [0, 0.1) is 5.92 Å². The molecule has 1 saturated carbocycles. The van der Waals surface area contributed by atoms with Crippen LogP contribution in [0.5, 0.6) is 0 Å². The lowest BCUT2D eigenvalue weighted by Crippen LogP contribution is -2.37. The normalized spacial score (nSPS) is 15.0. The molecule has 0 atom stereocenters. The first-order valence-corrected chi connectivity index (χ1v) is 6.68. The van der Waals surface area contributed by atoms with Crippen molar-refractivity contribution in [2.75, 3.05) is 25.5 Å². The summed E-state index contributed by atoms with van der Waals surface area (Å²) < 4.78 is 0. The van der Waals surface area contributed by atoms with Gasteiger partial charge in [0.2, 0.25) is 0 Å². The number of anilines is 1. The molecule has 0 spiro atoms. The maximum atomic E-state index is 12.5. The fourth-order valence-corrected chi connectivity index (χ4v) is 2.29. The number of hydrogen-bond donors (Lipinski definition) is 1. The second kappa shape index (κ2) is 5.85. The molecule has 1 amide bonds. The van der Waals surface area contributed by atoms with E-state index in [1.165, 1.54) is 19.3 Å². The number of amides is 1. The first-order valence-electron chi connectivity index (χ1n) is 6.68. The minimum atomic E-state index is 0.0850. The Hall–Kier alpha value is -1.58. The van der Waals surface area contributed by atoms with Gasteiger partial charge in [-0.15, -0.1) is 0 Å². The Morgan fingerprint density at radius 1 is 1.56 bits per heavy atom. The number of nitrogens with zero attached hydrogens (tertiary/aromatic N) is 2. The van der Waals surface area contributed by atoms with E-state index >= 15 is 0 Å². The van der Waals surface area contributed by atoms with Gasteiger partial charge in [-0.05, 0) is 37.8 Å². The minimum absolute atomic E-state index is 0.0850. The summed E-state index contributed by atoms with van der Waals surface area (Å²) >= 11 is 0. The van der Waals surface area contributed by atoms with E-state index in [-0.39, 0.29) is 5.91 Å². The molecule has 2 rings (SSSR count). The zero-order chi connectivity index (χ0) is 13.0. The molecule has 98 valence electrons. The van der Waals surface area contributed by atoms with Crippen molar-refractivity contribution in [1.82, 2.24) is 9.88 Å². The van der Waals surface area contributed by atoms with E-state index in [0.717, 1.165) is 13.1 Å². The monoisotopic (exact) mass is 247 g/mol. The van der Waals surface area contributed by atoms with Crippen LogP contribution in [0.2, 0.25) is 0 Å². The minimum Gasteiger partial charge on any atom is -0.372 e. The van der Waals surface area contributed by atoms with Gasteiger partial charge in [-0.2, -0.15) is 0 Å². The summed E-state index contributed by atoms with van der Waals surface area (Å²) in [6.45, 7) is 3.67. The van der Waals surface area contributed by atoms with Gasteiger partial charge < -0.3 is 10.2 Å². The highest BCUT2D eigenvalue weighted by Gasteiger charge is 2.24. The third-order valence-corrected chi connectivity index (χ3v) is 3.65. The van der Waals surface area contributed by atoms with Gasteiger partial charge in [-0.3, -0.25) is 4.79 Å². The molecule has 0 bridgehead atoms. The van der Waals surface area contributed by atoms with Gasteiger partial charge in [0.05, 0.1) is 5.56 Å². The quantitative estimate of drug-likeness (QED) is 0.869. The average Bonchev–Trinajstić information content (AvgIpc) is 2.37. The predicted octanol–water partition coefficient (Wildman–Crippen LogP) is 2.39. The molecule has 18 heavy (non-hydrogen) atoms. The number of carbonyl (C=O) groups is 1. The molecule has 1 aliphatic rings. The van der Waals surface area contributed by atoms with E-state index < -0.39 is 0 Å². The molecule has 1 aromatic rings. The highest BCUT2D eigenvalue weighted by Crippen LogP contribution is 2.27. The van der Waals surface area contributed by atoms with E-state index in [4.69, 9.17) is 0 Å². The zero-order valence-corrected chi connectivity index (χ0v) is 11.1. The summed E-state index contributed by atoms with van der Waals surface area (Å²) in [5.41, 5.74) is 0.668. The maximum absolute atomic E-state index is 12.5. The Morgan fingerprint density at radius 3 is 2.89 bits per heavy atom. The molecular weight excluding hydrogens is 226 g/mol. The largest absolute Gasteiger partial charge is 0.372 e. The van der Waals surface area contributed by atoms with Gasteiger partial charge >= 0.3 is 0 Å². The first kappa shape index (κ1) is 12.9. The van der Waals surface area contributed by atoms with Crippen molar-refractivity contribution < 1.29 is 4.79 Å². The molecule has 1 aromatic heterocycles. The Kier molecular flexibility index (Phi) is 4.18. The van der Waals surface area contributed by atoms with Crippen molar-refractivity contribution in [3.63, 3.8) is 0 Å². The van der Waals surface area contributed by atoms with Crippen LogP contribution in [0.4, 0.5) is 5.82 Å². The summed E-state index contributed by atoms with van der Waals surface area (Å²) in [6, 6.07) is 3.65. The lowest BCUT2D eigenvalue weighted by molar-refractivity contribution is 0.0707. The van der Waals surface area contributed by atoms with Crippen LogP contribution in [0.25, 0.3) is 0 Å². The van der Waals surface area contributed by atoms with Gasteiger partial charge in [0, 0.05) is 26.3 Å². The molecule has 0 aliphatic heterocycles. The van der Waals surface area contributed by atoms with Crippen molar-refractivity contribution in [2.24, 2.45) is 5.92 Å².